The van der Waals surface area contributed by atoms with Gasteiger partial charge in [-0.2, -0.15) is 0 Å². The zero-order chi connectivity index (χ0) is 7.40. The lowest BCUT2D eigenvalue weighted by Gasteiger charge is -1.96. The highest BCUT2D eigenvalue weighted by molar-refractivity contribution is 6.18. The maximum Gasteiger partial charge on any atom is 0.242 e. The second kappa shape index (κ2) is 3.17. The van der Waals surface area contributed by atoms with E-state index in [1.54, 1.807) is 12.1 Å². The molecule has 0 saturated carbocycles. The van der Waals surface area contributed by atoms with Crippen molar-refractivity contribution < 1.29 is 4.79 Å². The summed E-state index contributed by atoms with van der Waals surface area (Å²) >= 11 is 0. The average molecular weight is 150 g/mol. The van der Waals surface area contributed by atoms with Gasteiger partial charge in [0, 0.05) is 5.56 Å². The molecule has 0 aliphatic heterocycles. The monoisotopic (exact) mass is 150 g/mol. The van der Waals surface area contributed by atoms with Crippen molar-refractivity contribution in [3.63, 3.8) is 0 Å². The van der Waals surface area contributed by atoms with E-state index in [9.17, 15) is 4.79 Å². The number of amides is 1. The normalized spacial score (nSPS) is 8.90. The molecule has 2 nitrogen and oxygen atoms in total. The van der Waals surface area contributed by atoms with Crippen LogP contribution >= 0.6 is 0 Å². The highest BCUT2D eigenvalue weighted by Gasteiger charge is 1.97. The van der Waals surface area contributed by atoms with E-state index >= 15 is 0 Å². The largest absolute Gasteiger partial charge is 0.384 e. The van der Waals surface area contributed by atoms with Crippen LogP contribution in [-0.2, 0) is 0 Å². The molecular weight excluding hydrogens is 142 g/mol. The van der Waals surface area contributed by atoms with Crippen molar-refractivity contribution >= 4 is 16.3 Å². The molecule has 3 heteroatoms. The van der Waals surface area contributed by atoms with E-state index in [1.165, 1.54) is 10.4 Å². The predicted molar refractivity (Wildman–Crippen MR) is 42.5 cm³/mol. The van der Waals surface area contributed by atoms with Gasteiger partial charge in [-0.25, -0.2) is 0 Å². The fourth-order valence-electron chi connectivity index (χ4n) is 0.692. The van der Waals surface area contributed by atoms with Gasteiger partial charge in [0.2, 0.25) is 5.91 Å². The summed E-state index contributed by atoms with van der Waals surface area (Å²) in [6, 6.07) is 9.13. The predicted octanol–water partition coefficient (Wildman–Crippen LogP) is -0.0355. The summed E-state index contributed by atoms with van der Waals surface area (Å²) in [6.07, 6.45) is 0. The van der Waals surface area contributed by atoms with E-state index in [0.29, 0.717) is 5.56 Å². The number of hydrogen-bond donors (Lipinski definition) is 1. The molecule has 51 valence electrons. The van der Waals surface area contributed by atoms with Crippen molar-refractivity contribution in [1.29, 1.82) is 0 Å². The Morgan fingerprint density at radius 3 is 2.40 bits per heavy atom. The molecule has 1 radical (unpaired) electrons. The first-order chi connectivity index (χ1) is 4.84. The van der Waals surface area contributed by atoms with Crippen molar-refractivity contribution in [3.05, 3.63) is 35.9 Å². The van der Waals surface area contributed by atoms with E-state index in [2.05, 4.69) is 4.98 Å². The van der Waals surface area contributed by atoms with Crippen molar-refractivity contribution in [3.8, 4) is 0 Å². The Hall–Kier alpha value is -1.09. The molecule has 0 aliphatic carbocycles. The van der Waals surface area contributed by atoms with Crippen LogP contribution in [0.5, 0.6) is 0 Å². The summed E-state index contributed by atoms with van der Waals surface area (Å²) in [5, 5.41) is 0. The molecule has 1 rings (SSSR count). The second-order valence-corrected chi connectivity index (χ2v) is 2.23. The van der Waals surface area contributed by atoms with Gasteiger partial charge >= 0.3 is 0 Å². The molecule has 0 atom stereocenters. The minimum atomic E-state index is -0.0288. The fraction of sp³-hybridized carbons (Fsp3) is 0. The molecule has 0 bridgehead atoms. The summed E-state index contributed by atoms with van der Waals surface area (Å²) in [4.78, 5) is 13.5. The van der Waals surface area contributed by atoms with Crippen molar-refractivity contribution in [1.82, 2.24) is 4.98 Å². The molecule has 1 aromatic carbocycles. The van der Waals surface area contributed by atoms with Crippen LogP contribution in [0.1, 0.15) is 10.4 Å². The maximum absolute atomic E-state index is 10.9. The molecule has 0 saturated heterocycles. The minimum absolute atomic E-state index is 0.0288. The highest BCUT2D eigenvalue weighted by Crippen LogP contribution is 1.96. The first kappa shape index (κ1) is 7.02. The van der Waals surface area contributed by atoms with Gasteiger partial charge in [0.05, 0.1) is 0 Å². The van der Waals surface area contributed by atoms with Gasteiger partial charge in [0.1, 0.15) is 10.4 Å². The average Bonchev–Trinajstić information content (AvgIpc) is 2.05. The zero-order valence-electron chi connectivity index (χ0n) is 5.50. The number of nitrogens with one attached hydrogen (secondary N) is 1. The molecule has 0 fully saturated rings. The van der Waals surface area contributed by atoms with Gasteiger partial charge in [-0.1, -0.05) is 18.2 Å². The lowest BCUT2D eigenvalue weighted by Crippen LogP contribution is -2.19. The third kappa shape index (κ3) is 1.45. The first-order valence-corrected chi connectivity index (χ1v) is 3.68. The summed E-state index contributed by atoms with van der Waals surface area (Å²) in [6.45, 7) is 0. The molecule has 0 spiro atoms. The lowest BCUT2D eigenvalue weighted by atomic mass is 10.2. The highest BCUT2D eigenvalue weighted by atomic mass is 28.2. The number of hydrogen-bond acceptors (Lipinski definition) is 1. The molecular formula is C7H8NOSi. The van der Waals surface area contributed by atoms with Gasteiger partial charge in [0.25, 0.3) is 0 Å². The summed E-state index contributed by atoms with van der Waals surface area (Å²) in [5.41, 5.74) is 0.706. The Morgan fingerprint density at radius 1 is 1.30 bits per heavy atom. The zero-order valence-corrected chi connectivity index (χ0v) is 6.92. The van der Waals surface area contributed by atoms with Gasteiger partial charge in [-0.15, -0.1) is 0 Å². The van der Waals surface area contributed by atoms with Crippen LogP contribution in [0.4, 0.5) is 0 Å². The standard InChI is InChI=1S/C7H8NOSi/c9-7(8-10)6-4-2-1-3-5-6/h1-5H,10H2,(H,8,9). The van der Waals surface area contributed by atoms with Gasteiger partial charge in [0.15, 0.2) is 0 Å². The van der Waals surface area contributed by atoms with Crippen molar-refractivity contribution in [2.45, 2.75) is 0 Å². The molecule has 0 aliphatic rings. The van der Waals surface area contributed by atoms with E-state index < -0.39 is 0 Å². The van der Waals surface area contributed by atoms with Crippen molar-refractivity contribution in [2.75, 3.05) is 0 Å². The summed E-state index contributed by atoms with van der Waals surface area (Å²) in [5.74, 6) is -0.0288. The molecule has 0 aromatic heterocycles. The maximum atomic E-state index is 10.9. The van der Waals surface area contributed by atoms with Crippen LogP contribution in [0.3, 0.4) is 0 Å². The molecule has 0 unspecified atom stereocenters. The van der Waals surface area contributed by atoms with E-state index in [4.69, 9.17) is 0 Å². The van der Waals surface area contributed by atoms with Crippen LogP contribution in [-0.4, -0.2) is 16.3 Å². The Labute approximate surface area is 62.8 Å². The molecule has 1 aromatic rings. The van der Waals surface area contributed by atoms with Gasteiger partial charge in [-0.3, -0.25) is 4.79 Å². The van der Waals surface area contributed by atoms with Gasteiger partial charge in [-0.05, 0) is 12.1 Å². The smallest absolute Gasteiger partial charge is 0.242 e. The topological polar surface area (TPSA) is 29.1 Å². The fourth-order valence-corrected chi connectivity index (χ4v) is 0.896. The quantitative estimate of drug-likeness (QED) is 0.559. The third-order valence-corrected chi connectivity index (χ3v) is 1.52. The number of rotatable bonds is 1. The number of carbonyl (C=O) groups is 1. The molecule has 1 amide bonds. The third-order valence-electron chi connectivity index (χ3n) is 1.20. The summed E-state index contributed by atoms with van der Waals surface area (Å²) < 4.78 is 0. The van der Waals surface area contributed by atoms with Crippen LogP contribution in [0.25, 0.3) is 0 Å². The van der Waals surface area contributed by atoms with Crippen LogP contribution < -0.4 is 4.98 Å². The second-order valence-electron chi connectivity index (χ2n) is 1.87. The number of benzene rings is 1. The number of carbonyl (C=O) groups excluding carboxylic acids is 1. The van der Waals surface area contributed by atoms with Crippen LogP contribution in [0.15, 0.2) is 30.3 Å². The summed E-state index contributed by atoms with van der Waals surface area (Å²) in [7, 11) is 1.44. The molecule has 10 heavy (non-hydrogen) atoms. The van der Waals surface area contributed by atoms with Crippen LogP contribution in [0.2, 0.25) is 0 Å². The van der Waals surface area contributed by atoms with E-state index in [0.717, 1.165) is 0 Å². The van der Waals surface area contributed by atoms with Gasteiger partial charge < -0.3 is 4.98 Å². The van der Waals surface area contributed by atoms with Crippen molar-refractivity contribution in [2.24, 2.45) is 0 Å². The first-order valence-electron chi connectivity index (χ1n) is 2.97. The van der Waals surface area contributed by atoms with E-state index in [-0.39, 0.29) is 5.91 Å². The Bertz CT molecular complexity index is 222. The SMILES string of the molecule is O=C(N[SiH2])c1ccccc1. The van der Waals surface area contributed by atoms with E-state index in [1.807, 2.05) is 18.2 Å². The minimum Gasteiger partial charge on any atom is -0.384 e. The Morgan fingerprint density at radius 2 is 1.90 bits per heavy atom. The Balaban J connectivity index is 2.85. The molecule has 0 heterocycles. The van der Waals surface area contributed by atoms with Crippen LogP contribution in [0, 0.1) is 0 Å². The lowest BCUT2D eigenvalue weighted by molar-refractivity contribution is 0.0981. The Kier molecular flexibility index (Phi) is 2.23. The molecule has 1 N–H and O–H groups in total.